The first-order valence-corrected chi connectivity index (χ1v) is 5.74. The molecule has 1 saturated heterocycles. The normalized spacial score (nSPS) is 20.4. The Hall–Kier alpha value is -1.40. The third-order valence-electron chi connectivity index (χ3n) is 2.79. The summed E-state index contributed by atoms with van der Waals surface area (Å²) in [7, 11) is 0. The van der Waals surface area contributed by atoms with Crippen molar-refractivity contribution in [1.29, 1.82) is 0 Å². The molecule has 6 nitrogen and oxygen atoms in total. The van der Waals surface area contributed by atoms with Crippen LogP contribution in [0, 0.1) is 10.1 Å². The van der Waals surface area contributed by atoms with Crippen LogP contribution in [0.15, 0.2) is 12.3 Å². The lowest BCUT2D eigenvalue weighted by atomic mass is 10.2. The summed E-state index contributed by atoms with van der Waals surface area (Å²) in [6, 6.07) is 1.62. The first-order valence-electron chi connectivity index (χ1n) is 5.37. The molecule has 7 heteroatoms. The molecule has 1 aromatic rings. The Labute approximate surface area is 104 Å². The third kappa shape index (κ3) is 2.48. The van der Waals surface area contributed by atoms with Crippen LogP contribution in [-0.2, 0) is 0 Å². The van der Waals surface area contributed by atoms with Gasteiger partial charge in [0, 0.05) is 31.7 Å². The van der Waals surface area contributed by atoms with E-state index in [0.717, 1.165) is 19.6 Å². The summed E-state index contributed by atoms with van der Waals surface area (Å²) >= 11 is 6.04. The van der Waals surface area contributed by atoms with Gasteiger partial charge in [-0.1, -0.05) is 11.6 Å². The minimum atomic E-state index is -0.496. The van der Waals surface area contributed by atoms with E-state index in [9.17, 15) is 10.1 Å². The standard InChI is InChI=1S/C10H13ClN4O2/c1-7-5-12-2-3-14(7)10-9(11)4-8(6-13-10)15(16)17/h4,6-7,12H,2-3,5H2,1H3. The minimum Gasteiger partial charge on any atom is -0.350 e. The molecule has 0 bridgehead atoms. The maximum Gasteiger partial charge on any atom is 0.289 e. The third-order valence-corrected chi connectivity index (χ3v) is 3.07. The molecule has 2 rings (SSSR count). The topological polar surface area (TPSA) is 71.3 Å². The number of rotatable bonds is 2. The van der Waals surface area contributed by atoms with E-state index in [2.05, 4.69) is 22.1 Å². The van der Waals surface area contributed by atoms with Gasteiger partial charge < -0.3 is 10.2 Å². The van der Waals surface area contributed by atoms with Gasteiger partial charge in [0.25, 0.3) is 5.69 Å². The lowest BCUT2D eigenvalue weighted by molar-refractivity contribution is -0.385. The van der Waals surface area contributed by atoms with Crippen LogP contribution >= 0.6 is 11.6 Å². The molecule has 1 aliphatic rings. The minimum absolute atomic E-state index is 0.0819. The van der Waals surface area contributed by atoms with Crippen molar-refractivity contribution in [2.24, 2.45) is 0 Å². The molecule has 2 heterocycles. The zero-order chi connectivity index (χ0) is 12.4. The number of hydrogen-bond acceptors (Lipinski definition) is 5. The highest BCUT2D eigenvalue weighted by molar-refractivity contribution is 6.33. The monoisotopic (exact) mass is 256 g/mol. The van der Waals surface area contributed by atoms with Crippen molar-refractivity contribution in [1.82, 2.24) is 10.3 Å². The summed E-state index contributed by atoms with van der Waals surface area (Å²) in [5.41, 5.74) is -0.0819. The molecule has 0 radical (unpaired) electrons. The first-order chi connectivity index (χ1) is 8.09. The zero-order valence-electron chi connectivity index (χ0n) is 9.39. The summed E-state index contributed by atoms with van der Waals surface area (Å²) in [6.45, 7) is 4.58. The molecule has 17 heavy (non-hydrogen) atoms. The number of nitro groups is 1. The van der Waals surface area contributed by atoms with Crippen molar-refractivity contribution in [3.8, 4) is 0 Å². The maximum atomic E-state index is 10.6. The number of hydrogen-bond donors (Lipinski definition) is 1. The van der Waals surface area contributed by atoms with Crippen molar-refractivity contribution in [3.05, 3.63) is 27.4 Å². The van der Waals surface area contributed by atoms with Gasteiger partial charge >= 0.3 is 0 Å². The van der Waals surface area contributed by atoms with Gasteiger partial charge in [-0.3, -0.25) is 10.1 Å². The molecule has 0 aliphatic carbocycles. The van der Waals surface area contributed by atoms with Crippen LogP contribution in [0.4, 0.5) is 11.5 Å². The second-order valence-electron chi connectivity index (χ2n) is 4.00. The molecule has 0 saturated carbocycles. The number of pyridine rings is 1. The van der Waals surface area contributed by atoms with Crippen molar-refractivity contribution < 1.29 is 4.92 Å². The van der Waals surface area contributed by atoms with E-state index < -0.39 is 4.92 Å². The summed E-state index contributed by atoms with van der Waals surface area (Å²) in [4.78, 5) is 16.2. The SMILES string of the molecule is CC1CNCCN1c1ncc([N+](=O)[O-])cc1Cl. The highest BCUT2D eigenvalue weighted by atomic mass is 35.5. The number of nitrogens with zero attached hydrogens (tertiary/aromatic N) is 3. The number of nitrogens with one attached hydrogen (secondary N) is 1. The van der Waals surface area contributed by atoms with Crippen molar-refractivity contribution in [2.75, 3.05) is 24.5 Å². The average Bonchev–Trinajstić information content (AvgIpc) is 2.30. The van der Waals surface area contributed by atoms with E-state index in [-0.39, 0.29) is 11.7 Å². The average molecular weight is 257 g/mol. The Morgan fingerprint density at radius 3 is 3.06 bits per heavy atom. The highest BCUT2D eigenvalue weighted by Crippen LogP contribution is 2.28. The van der Waals surface area contributed by atoms with Gasteiger partial charge in [-0.15, -0.1) is 0 Å². The van der Waals surface area contributed by atoms with Gasteiger partial charge in [-0.25, -0.2) is 4.98 Å². The molecule has 0 amide bonds. The molecular weight excluding hydrogens is 244 g/mol. The Balaban J connectivity index is 2.29. The Morgan fingerprint density at radius 2 is 2.47 bits per heavy atom. The second-order valence-corrected chi connectivity index (χ2v) is 4.41. The molecule has 0 spiro atoms. The predicted molar refractivity (Wildman–Crippen MR) is 65.6 cm³/mol. The molecular formula is C10H13ClN4O2. The van der Waals surface area contributed by atoms with Crippen LogP contribution in [0.25, 0.3) is 0 Å². The fraction of sp³-hybridized carbons (Fsp3) is 0.500. The Morgan fingerprint density at radius 1 is 1.71 bits per heavy atom. The van der Waals surface area contributed by atoms with Crippen LogP contribution in [0.3, 0.4) is 0 Å². The largest absolute Gasteiger partial charge is 0.350 e. The molecule has 1 aliphatic heterocycles. The molecule has 1 aromatic heterocycles. The van der Waals surface area contributed by atoms with E-state index in [0.29, 0.717) is 10.8 Å². The molecule has 1 unspecified atom stereocenters. The molecule has 1 fully saturated rings. The number of aromatic nitrogens is 1. The van der Waals surface area contributed by atoms with Gasteiger partial charge in [-0.2, -0.15) is 0 Å². The number of anilines is 1. The molecule has 0 aromatic carbocycles. The van der Waals surface area contributed by atoms with E-state index in [1.807, 2.05) is 0 Å². The van der Waals surface area contributed by atoms with E-state index in [1.54, 1.807) is 0 Å². The first kappa shape index (κ1) is 12.1. The fourth-order valence-electron chi connectivity index (χ4n) is 1.89. The van der Waals surface area contributed by atoms with Gasteiger partial charge in [-0.05, 0) is 6.92 Å². The Bertz CT molecular complexity index is 440. The number of halogens is 1. The van der Waals surface area contributed by atoms with Crippen LogP contribution < -0.4 is 10.2 Å². The summed E-state index contributed by atoms with van der Waals surface area (Å²) < 4.78 is 0. The van der Waals surface area contributed by atoms with Crippen LogP contribution in [0.2, 0.25) is 5.02 Å². The highest BCUT2D eigenvalue weighted by Gasteiger charge is 2.22. The molecule has 1 N–H and O–H groups in total. The van der Waals surface area contributed by atoms with Crippen molar-refractivity contribution in [3.63, 3.8) is 0 Å². The molecule has 92 valence electrons. The van der Waals surface area contributed by atoms with Gasteiger partial charge in [0.2, 0.25) is 0 Å². The fourth-order valence-corrected chi connectivity index (χ4v) is 2.16. The lowest BCUT2D eigenvalue weighted by Gasteiger charge is -2.35. The van der Waals surface area contributed by atoms with E-state index in [4.69, 9.17) is 11.6 Å². The van der Waals surface area contributed by atoms with E-state index in [1.165, 1.54) is 12.3 Å². The van der Waals surface area contributed by atoms with Gasteiger partial charge in [0.05, 0.1) is 9.95 Å². The van der Waals surface area contributed by atoms with Crippen LogP contribution in [0.1, 0.15) is 6.92 Å². The van der Waals surface area contributed by atoms with E-state index >= 15 is 0 Å². The lowest BCUT2D eigenvalue weighted by Crippen LogP contribution is -2.50. The predicted octanol–water partition coefficient (Wildman–Crippen LogP) is 1.44. The Kier molecular flexibility index (Phi) is 3.44. The maximum absolute atomic E-state index is 10.6. The van der Waals surface area contributed by atoms with Crippen LogP contribution in [0.5, 0.6) is 0 Å². The smallest absolute Gasteiger partial charge is 0.289 e. The molecule has 1 atom stereocenters. The zero-order valence-corrected chi connectivity index (χ0v) is 10.1. The van der Waals surface area contributed by atoms with Gasteiger partial charge in [0.15, 0.2) is 0 Å². The summed E-state index contributed by atoms with van der Waals surface area (Å²) in [5.74, 6) is 0.617. The number of piperazine rings is 1. The van der Waals surface area contributed by atoms with Crippen molar-refractivity contribution in [2.45, 2.75) is 13.0 Å². The second kappa shape index (κ2) is 4.85. The quantitative estimate of drug-likeness (QED) is 0.640. The summed E-state index contributed by atoms with van der Waals surface area (Å²) in [6.07, 6.45) is 1.25. The van der Waals surface area contributed by atoms with Crippen molar-refractivity contribution >= 4 is 23.1 Å². The van der Waals surface area contributed by atoms with Gasteiger partial charge in [0.1, 0.15) is 12.0 Å². The van der Waals surface area contributed by atoms with Crippen LogP contribution in [-0.4, -0.2) is 35.6 Å². The summed E-state index contributed by atoms with van der Waals surface area (Å²) in [5, 5.41) is 14.2.